The van der Waals surface area contributed by atoms with Crippen molar-refractivity contribution in [2.45, 2.75) is 26.7 Å². The van der Waals surface area contributed by atoms with Crippen molar-refractivity contribution >= 4 is 27.0 Å². The van der Waals surface area contributed by atoms with E-state index in [-0.39, 0.29) is 27.0 Å². The molecular formula is C10H18OS2. The van der Waals surface area contributed by atoms with E-state index in [2.05, 4.69) is 13.8 Å². The summed E-state index contributed by atoms with van der Waals surface area (Å²) in [6.45, 7) is 6.12. The average Bonchev–Trinajstić information content (AvgIpc) is 1.85. The van der Waals surface area contributed by atoms with Crippen LogP contribution in [0.3, 0.4) is 0 Å². The second kappa shape index (κ2) is 6.22. The van der Waals surface area contributed by atoms with Gasteiger partial charge in [0.1, 0.15) is 5.75 Å². The van der Waals surface area contributed by atoms with E-state index < -0.39 is 0 Å². The Morgan fingerprint density at radius 1 is 1.15 bits per heavy atom. The topological polar surface area (TPSA) is 20.2 Å². The molecule has 1 aromatic rings. The summed E-state index contributed by atoms with van der Waals surface area (Å²) in [5.41, 5.74) is 2.13. The van der Waals surface area contributed by atoms with Gasteiger partial charge in [0.05, 0.1) is 0 Å². The Bertz CT molecular complexity index is 259. The molecule has 0 bridgehead atoms. The molecule has 3 heteroatoms. The number of hydrogen-bond donors (Lipinski definition) is 1. The van der Waals surface area contributed by atoms with E-state index in [1.807, 2.05) is 19.1 Å². The molecule has 0 fully saturated rings. The van der Waals surface area contributed by atoms with Gasteiger partial charge in [0.25, 0.3) is 0 Å². The minimum atomic E-state index is 0. The first kappa shape index (κ1) is 15.2. The Labute approximate surface area is 94.1 Å². The molecule has 0 aromatic heterocycles. The number of aryl methyl sites for hydroxylation is 1. The van der Waals surface area contributed by atoms with Gasteiger partial charge >= 0.3 is 0 Å². The van der Waals surface area contributed by atoms with Crippen LogP contribution in [-0.2, 0) is 0 Å². The Morgan fingerprint density at radius 3 is 2.08 bits per heavy atom. The fourth-order valence-electron chi connectivity index (χ4n) is 1.14. The minimum absolute atomic E-state index is 0. The second-order valence-corrected chi connectivity index (χ2v) is 3.22. The van der Waals surface area contributed by atoms with Gasteiger partial charge in [0.2, 0.25) is 0 Å². The molecule has 0 saturated heterocycles. The van der Waals surface area contributed by atoms with Crippen LogP contribution >= 0.6 is 27.0 Å². The lowest BCUT2D eigenvalue weighted by molar-refractivity contribution is 0.464. The summed E-state index contributed by atoms with van der Waals surface area (Å²) in [5, 5.41) is 9.46. The molecule has 76 valence electrons. The summed E-state index contributed by atoms with van der Waals surface area (Å²) in [7, 11) is 0. The predicted molar refractivity (Wildman–Crippen MR) is 67.7 cm³/mol. The maximum absolute atomic E-state index is 9.46. The van der Waals surface area contributed by atoms with Crippen LogP contribution in [0, 0.1) is 6.92 Å². The maximum atomic E-state index is 9.46. The van der Waals surface area contributed by atoms with Gasteiger partial charge < -0.3 is 5.11 Å². The van der Waals surface area contributed by atoms with Crippen molar-refractivity contribution in [3.8, 4) is 5.75 Å². The molecule has 0 amide bonds. The van der Waals surface area contributed by atoms with Crippen molar-refractivity contribution < 1.29 is 5.11 Å². The first-order valence-corrected chi connectivity index (χ1v) is 3.91. The Hall–Kier alpha value is -0.280. The van der Waals surface area contributed by atoms with Crippen molar-refractivity contribution in [1.82, 2.24) is 0 Å². The molecule has 1 nitrogen and oxygen atoms in total. The number of benzene rings is 1. The molecule has 0 heterocycles. The van der Waals surface area contributed by atoms with E-state index in [1.165, 1.54) is 0 Å². The number of aromatic hydroxyl groups is 1. The zero-order chi connectivity index (χ0) is 8.43. The summed E-state index contributed by atoms with van der Waals surface area (Å²) in [6.07, 6.45) is 0. The van der Waals surface area contributed by atoms with E-state index in [0.29, 0.717) is 11.7 Å². The Balaban J connectivity index is 0. The van der Waals surface area contributed by atoms with Gasteiger partial charge in [-0.25, -0.2) is 0 Å². The standard InChI is InChI=1S/C10H14O.2H2S/c1-7(2)9-5-4-8(3)6-10(9)11;;/h4-7,11H,1-3H3;2*1H2. The van der Waals surface area contributed by atoms with Gasteiger partial charge in [-0.05, 0) is 30.0 Å². The summed E-state index contributed by atoms with van der Waals surface area (Å²) < 4.78 is 0. The van der Waals surface area contributed by atoms with Crippen LogP contribution in [0.5, 0.6) is 5.75 Å². The normalized spacial score (nSPS) is 8.92. The molecule has 0 atom stereocenters. The SMILES string of the molecule is Cc1ccc(C(C)C)c(O)c1.S.S. The lowest BCUT2D eigenvalue weighted by Crippen LogP contribution is -1.87. The molecule has 1 rings (SSSR count). The summed E-state index contributed by atoms with van der Waals surface area (Å²) in [6, 6.07) is 5.81. The molecule has 0 aliphatic heterocycles. The monoisotopic (exact) mass is 218 g/mol. The van der Waals surface area contributed by atoms with Crippen LogP contribution < -0.4 is 0 Å². The molecule has 0 aliphatic carbocycles. The highest BCUT2D eigenvalue weighted by molar-refractivity contribution is 7.59. The lowest BCUT2D eigenvalue weighted by atomic mass is 10.0. The third kappa shape index (κ3) is 3.96. The van der Waals surface area contributed by atoms with Crippen LogP contribution in [0.2, 0.25) is 0 Å². The highest BCUT2D eigenvalue weighted by Gasteiger charge is 2.03. The number of phenols is 1. The van der Waals surface area contributed by atoms with Crippen LogP contribution in [0.15, 0.2) is 18.2 Å². The average molecular weight is 218 g/mol. The third-order valence-electron chi connectivity index (χ3n) is 1.81. The van der Waals surface area contributed by atoms with Gasteiger partial charge in [-0.15, -0.1) is 0 Å². The predicted octanol–water partition coefficient (Wildman–Crippen LogP) is 3.05. The van der Waals surface area contributed by atoms with Crippen LogP contribution in [0.4, 0.5) is 0 Å². The second-order valence-electron chi connectivity index (χ2n) is 3.22. The molecule has 1 aromatic carbocycles. The quantitative estimate of drug-likeness (QED) is 0.768. The Morgan fingerprint density at radius 2 is 1.69 bits per heavy atom. The molecule has 13 heavy (non-hydrogen) atoms. The Kier molecular flexibility index (Phi) is 7.27. The summed E-state index contributed by atoms with van der Waals surface area (Å²) >= 11 is 0. The van der Waals surface area contributed by atoms with Crippen molar-refractivity contribution in [2.75, 3.05) is 0 Å². The maximum Gasteiger partial charge on any atom is 0.119 e. The zero-order valence-corrected chi connectivity index (χ0v) is 10.3. The summed E-state index contributed by atoms with van der Waals surface area (Å²) in [4.78, 5) is 0. The number of hydrogen-bond acceptors (Lipinski definition) is 1. The van der Waals surface area contributed by atoms with E-state index >= 15 is 0 Å². The molecule has 0 radical (unpaired) electrons. The van der Waals surface area contributed by atoms with Crippen molar-refractivity contribution in [3.05, 3.63) is 29.3 Å². The molecule has 0 spiro atoms. The largest absolute Gasteiger partial charge is 0.508 e. The van der Waals surface area contributed by atoms with E-state index in [1.54, 1.807) is 6.07 Å². The van der Waals surface area contributed by atoms with Gasteiger partial charge in [0, 0.05) is 0 Å². The van der Waals surface area contributed by atoms with Gasteiger partial charge in [-0.3, -0.25) is 0 Å². The molecule has 0 saturated carbocycles. The van der Waals surface area contributed by atoms with Gasteiger partial charge in [0.15, 0.2) is 0 Å². The van der Waals surface area contributed by atoms with Crippen molar-refractivity contribution in [3.63, 3.8) is 0 Å². The molecular weight excluding hydrogens is 200 g/mol. The third-order valence-corrected chi connectivity index (χ3v) is 1.81. The summed E-state index contributed by atoms with van der Waals surface area (Å²) in [5.74, 6) is 0.815. The fourth-order valence-corrected chi connectivity index (χ4v) is 1.14. The highest BCUT2D eigenvalue weighted by atomic mass is 32.1. The van der Waals surface area contributed by atoms with Gasteiger partial charge in [-0.1, -0.05) is 26.0 Å². The van der Waals surface area contributed by atoms with Crippen LogP contribution in [0.25, 0.3) is 0 Å². The smallest absolute Gasteiger partial charge is 0.119 e. The van der Waals surface area contributed by atoms with Crippen LogP contribution in [-0.4, -0.2) is 5.11 Å². The van der Waals surface area contributed by atoms with E-state index in [4.69, 9.17) is 0 Å². The van der Waals surface area contributed by atoms with Crippen molar-refractivity contribution in [1.29, 1.82) is 0 Å². The van der Waals surface area contributed by atoms with E-state index in [0.717, 1.165) is 11.1 Å². The molecule has 0 unspecified atom stereocenters. The zero-order valence-electron chi connectivity index (χ0n) is 8.26. The van der Waals surface area contributed by atoms with Crippen molar-refractivity contribution in [2.24, 2.45) is 0 Å². The first-order valence-electron chi connectivity index (χ1n) is 3.91. The lowest BCUT2D eigenvalue weighted by Gasteiger charge is -2.07. The highest BCUT2D eigenvalue weighted by Crippen LogP contribution is 2.25. The minimum Gasteiger partial charge on any atom is -0.508 e. The van der Waals surface area contributed by atoms with Gasteiger partial charge in [-0.2, -0.15) is 27.0 Å². The number of phenolic OH excluding ortho intramolecular Hbond substituents is 1. The molecule has 0 aliphatic rings. The first-order chi connectivity index (χ1) is 5.11. The molecule has 1 N–H and O–H groups in total. The number of rotatable bonds is 1. The van der Waals surface area contributed by atoms with E-state index in [9.17, 15) is 5.11 Å². The van der Waals surface area contributed by atoms with Crippen LogP contribution in [0.1, 0.15) is 30.9 Å². The fraction of sp³-hybridized carbons (Fsp3) is 0.400.